The van der Waals surface area contributed by atoms with Crippen LogP contribution in [0.4, 0.5) is 0 Å². The maximum atomic E-state index is 12.9. The Morgan fingerprint density at radius 2 is 1.96 bits per heavy atom. The highest BCUT2D eigenvalue weighted by Gasteiger charge is 2.40. The summed E-state index contributed by atoms with van der Waals surface area (Å²) in [5.41, 5.74) is 6.01. The van der Waals surface area contributed by atoms with Gasteiger partial charge in [-0.2, -0.15) is 0 Å². The molecule has 6 heteroatoms. The minimum Gasteiger partial charge on any atom is -0.348 e. The average molecular weight is 364 g/mol. The zero-order valence-electron chi connectivity index (χ0n) is 15.2. The van der Waals surface area contributed by atoms with Crippen molar-refractivity contribution in [3.8, 4) is 0 Å². The van der Waals surface area contributed by atoms with Crippen LogP contribution in [0.5, 0.6) is 0 Å². The SMILES string of the molecule is Cc1ccc(C(=O)NC2CCN(C(=O)C3CCCCC3(C)N)CC2)s1. The summed E-state index contributed by atoms with van der Waals surface area (Å²) in [5.74, 6) is 0.162. The molecule has 0 aromatic carbocycles. The Bertz CT molecular complexity index is 632. The summed E-state index contributed by atoms with van der Waals surface area (Å²) >= 11 is 1.52. The Kier molecular flexibility index (Phi) is 5.49. The molecule has 1 aliphatic carbocycles. The van der Waals surface area contributed by atoms with E-state index in [0.29, 0.717) is 13.1 Å². The number of thiophene rings is 1. The molecular weight excluding hydrogens is 334 g/mol. The van der Waals surface area contributed by atoms with Crippen molar-refractivity contribution in [2.45, 2.75) is 64.0 Å². The van der Waals surface area contributed by atoms with E-state index in [1.54, 1.807) is 0 Å². The zero-order chi connectivity index (χ0) is 18.0. The molecule has 0 spiro atoms. The van der Waals surface area contributed by atoms with Crippen LogP contribution >= 0.6 is 11.3 Å². The molecule has 2 amide bonds. The summed E-state index contributed by atoms with van der Waals surface area (Å²) in [6, 6.07) is 3.99. The molecule has 2 aliphatic rings. The van der Waals surface area contributed by atoms with Crippen molar-refractivity contribution in [1.82, 2.24) is 10.2 Å². The van der Waals surface area contributed by atoms with Crippen molar-refractivity contribution in [3.63, 3.8) is 0 Å². The molecule has 2 atom stereocenters. The maximum absolute atomic E-state index is 12.9. The number of hydrogen-bond acceptors (Lipinski definition) is 4. The first-order valence-electron chi connectivity index (χ1n) is 9.32. The molecule has 1 saturated heterocycles. The van der Waals surface area contributed by atoms with E-state index in [1.807, 2.05) is 30.9 Å². The summed E-state index contributed by atoms with van der Waals surface area (Å²) < 4.78 is 0. The number of nitrogens with zero attached hydrogens (tertiary/aromatic N) is 1. The molecule has 0 bridgehead atoms. The second-order valence-electron chi connectivity index (χ2n) is 7.79. The third kappa shape index (κ3) is 4.23. The smallest absolute Gasteiger partial charge is 0.261 e. The Morgan fingerprint density at radius 3 is 2.56 bits per heavy atom. The standard InChI is InChI=1S/C19H29N3O2S/c1-13-6-7-16(25-13)17(23)21-14-8-11-22(12-9-14)18(24)15-5-3-4-10-19(15,2)20/h6-7,14-15H,3-5,8-12,20H2,1-2H3,(H,21,23). The highest BCUT2D eigenvalue weighted by Crippen LogP contribution is 2.33. The molecule has 2 fully saturated rings. The number of amides is 2. The predicted molar refractivity (Wildman–Crippen MR) is 101 cm³/mol. The predicted octanol–water partition coefficient (Wildman–Crippen LogP) is 2.68. The number of piperidine rings is 1. The van der Waals surface area contributed by atoms with Gasteiger partial charge in [0.15, 0.2) is 0 Å². The van der Waals surface area contributed by atoms with Crippen molar-refractivity contribution < 1.29 is 9.59 Å². The molecule has 5 nitrogen and oxygen atoms in total. The molecule has 3 N–H and O–H groups in total. The first-order chi connectivity index (χ1) is 11.9. The van der Waals surface area contributed by atoms with Gasteiger partial charge in [0, 0.05) is 29.5 Å². The van der Waals surface area contributed by atoms with E-state index in [0.717, 1.165) is 48.3 Å². The Morgan fingerprint density at radius 1 is 1.24 bits per heavy atom. The molecule has 0 radical (unpaired) electrons. The lowest BCUT2D eigenvalue weighted by atomic mass is 9.74. The molecule has 25 heavy (non-hydrogen) atoms. The van der Waals surface area contributed by atoms with Gasteiger partial charge in [0.05, 0.1) is 10.8 Å². The minimum absolute atomic E-state index is 0.00434. The van der Waals surface area contributed by atoms with Gasteiger partial charge in [-0.15, -0.1) is 11.3 Å². The lowest BCUT2D eigenvalue weighted by Crippen LogP contribution is -2.56. The molecule has 2 unspecified atom stereocenters. The highest BCUT2D eigenvalue weighted by atomic mass is 32.1. The van der Waals surface area contributed by atoms with Crippen LogP contribution in [0.1, 0.15) is 60.0 Å². The average Bonchev–Trinajstić information content (AvgIpc) is 3.01. The monoisotopic (exact) mass is 363 g/mol. The maximum Gasteiger partial charge on any atom is 0.261 e. The fourth-order valence-corrected chi connectivity index (χ4v) is 4.81. The molecule has 138 valence electrons. The molecule has 2 heterocycles. The van der Waals surface area contributed by atoms with E-state index in [4.69, 9.17) is 5.73 Å². The van der Waals surface area contributed by atoms with Crippen LogP contribution in [0, 0.1) is 12.8 Å². The number of likely N-dealkylation sites (tertiary alicyclic amines) is 1. The van der Waals surface area contributed by atoms with Crippen molar-refractivity contribution in [3.05, 3.63) is 21.9 Å². The largest absolute Gasteiger partial charge is 0.348 e. The second-order valence-corrected chi connectivity index (χ2v) is 9.08. The van der Waals surface area contributed by atoms with Crippen LogP contribution in [-0.2, 0) is 4.79 Å². The third-order valence-corrected chi connectivity index (χ3v) is 6.66. The normalized spacial score (nSPS) is 28.0. The molecule has 1 aromatic rings. The molecule has 1 aromatic heterocycles. The topological polar surface area (TPSA) is 75.4 Å². The van der Waals surface area contributed by atoms with Crippen molar-refractivity contribution in [1.29, 1.82) is 0 Å². The van der Waals surface area contributed by atoms with E-state index >= 15 is 0 Å². The fourth-order valence-electron chi connectivity index (χ4n) is 4.04. The molecule has 1 aliphatic heterocycles. The van der Waals surface area contributed by atoms with E-state index in [2.05, 4.69) is 5.32 Å². The summed E-state index contributed by atoms with van der Waals surface area (Å²) in [6.07, 6.45) is 5.67. The van der Waals surface area contributed by atoms with Gasteiger partial charge in [-0.25, -0.2) is 0 Å². The molecule has 3 rings (SSSR count). The van der Waals surface area contributed by atoms with Crippen LogP contribution in [-0.4, -0.2) is 41.4 Å². The lowest BCUT2D eigenvalue weighted by Gasteiger charge is -2.41. The third-order valence-electron chi connectivity index (χ3n) is 5.66. The molecular formula is C19H29N3O2S. The van der Waals surface area contributed by atoms with E-state index in [-0.39, 0.29) is 29.3 Å². The fraction of sp³-hybridized carbons (Fsp3) is 0.684. The first kappa shape index (κ1) is 18.4. The van der Waals surface area contributed by atoms with E-state index in [9.17, 15) is 9.59 Å². The van der Waals surface area contributed by atoms with Crippen LogP contribution in [0.2, 0.25) is 0 Å². The zero-order valence-corrected chi connectivity index (χ0v) is 16.0. The summed E-state index contributed by atoms with van der Waals surface area (Å²) in [5, 5.41) is 3.11. The number of hydrogen-bond donors (Lipinski definition) is 2. The number of aryl methyl sites for hydroxylation is 1. The Balaban J connectivity index is 1.51. The van der Waals surface area contributed by atoms with Gasteiger partial charge in [0.2, 0.25) is 5.91 Å². The van der Waals surface area contributed by atoms with Crippen LogP contribution in [0.25, 0.3) is 0 Å². The second kappa shape index (κ2) is 7.46. The number of nitrogens with two attached hydrogens (primary N) is 1. The Labute approximate surface area is 154 Å². The Hall–Kier alpha value is -1.40. The summed E-state index contributed by atoms with van der Waals surface area (Å²) in [4.78, 5) is 29.0. The van der Waals surface area contributed by atoms with Crippen molar-refractivity contribution >= 4 is 23.2 Å². The van der Waals surface area contributed by atoms with Gasteiger partial charge in [-0.1, -0.05) is 12.8 Å². The van der Waals surface area contributed by atoms with Gasteiger partial charge in [-0.05, 0) is 51.7 Å². The van der Waals surface area contributed by atoms with Crippen molar-refractivity contribution in [2.75, 3.05) is 13.1 Å². The van der Waals surface area contributed by atoms with Gasteiger partial charge < -0.3 is 16.0 Å². The highest BCUT2D eigenvalue weighted by molar-refractivity contribution is 7.13. The quantitative estimate of drug-likeness (QED) is 0.867. The van der Waals surface area contributed by atoms with Gasteiger partial charge in [0.25, 0.3) is 5.91 Å². The van der Waals surface area contributed by atoms with Gasteiger partial charge in [-0.3, -0.25) is 9.59 Å². The van der Waals surface area contributed by atoms with Gasteiger partial charge >= 0.3 is 0 Å². The van der Waals surface area contributed by atoms with E-state index < -0.39 is 0 Å². The van der Waals surface area contributed by atoms with Crippen LogP contribution < -0.4 is 11.1 Å². The number of carbonyl (C=O) groups is 2. The van der Waals surface area contributed by atoms with Crippen LogP contribution in [0.3, 0.4) is 0 Å². The van der Waals surface area contributed by atoms with Crippen molar-refractivity contribution in [2.24, 2.45) is 11.7 Å². The summed E-state index contributed by atoms with van der Waals surface area (Å²) in [7, 11) is 0. The van der Waals surface area contributed by atoms with Gasteiger partial charge in [0.1, 0.15) is 0 Å². The first-order valence-corrected chi connectivity index (χ1v) is 10.1. The number of carbonyl (C=O) groups excluding carboxylic acids is 2. The lowest BCUT2D eigenvalue weighted by molar-refractivity contribution is -0.140. The van der Waals surface area contributed by atoms with E-state index in [1.165, 1.54) is 11.3 Å². The number of nitrogens with one attached hydrogen (secondary N) is 1. The minimum atomic E-state index is -0.378. The summed E-state index contributed by atoms with van der Waals surface area (Å²) in [6.45, 7) is 5.44. The van der Waals surface area contributed by atoms with Crippen LogP contribution in [0.15, 0.2) is 12.1 Å². The number of rotatable bonds is 3. The molecule has 1 saturated carbocycles.